The van der Waals surface area contributed by atoms with E-state index in [1.54, 1.807) is 41.2 Å². The van der Waals surface area contributed by atoms with E-state index in [1.165, 1.54) is 7.11 Å². The van der Waals surface area contributed by atoms with Gasteiger partial charge >= 0.3 is 0 Å². The number of hydrogen-bond acceptors (Lipinski definition) is 6. The smallest absolute Gasteiger partial charge is 0.201 e. The minimum absolute atomic E-state index is 0.316. The van der Waals surface area contributed by atoms with Gasteiger partial charge in [0, 0.05) is 29.5 Å². The predicted molar refractivity (Wildman–Crippen MR) is 110 cm³/mol. The summed E-state index contributed by atoms with van der Waals surface area (Å²) in [5, 5.41) is 36.5. The first-order chi connectivity index (χ1) is 14.5. The van der Waals surface area contributed by atoms with Crippen LogP contribution in [0.25, 0.3) is 0 Å². The largest absolute Gasteiger partial charge is 0.397 e. The summed E-state index contributed by atoms with van der Waals surface area (Å²) in [5.74, 6) is 2.90. The summed E-state index contributed by atoms with van der Waals surface area (Å²) >= 11 is 5.90. The summed E-state index contributed by atoms with van der Waals surface area (Å²) < 4.78 is 7.59. The molecule has 2 aromatic rings. The van der Waals surface area contributed by atoms with Gasteiger partial charge in [0.05, 0.1) is 11.1 Å². The standard InChI is InChI=1S/C21H20ClN3O5/c1-3-11-10-25(14-8-9-23-20(15(11)14)24-29-2)21-18(28)17(27)19(30-21)16(26)12-4-6-13(22)7-5-12/h1,4-7,9-10,16-19,21,26-28H,8H2,2H3/b24-20-/t16-,17+,18-,19-,21-/m1/s1. The molecule has 1 saturated heterocycles. The van der Waals surface area contributed by atoms with Gasteiger partial charge in [0.15, 0.2) is 6.23 Å². The molecule has 8 nitrogen and oxygen atoms in total. The Morgan fingerprint density at radius 2 is 2.07 bits per heavy atom. The van der Waals surface area contributed by atoms with Gasteiger partial charge < -0.3 is 29.5 Å². The van der Waals surface area contributed by atoms with Crippen LogP contribution in [-0.2, 0) is 16.0 Å². The van der Waals surface area contributed by atoms with Crippen LogP contribution in [0.5, 0.6) is 0 Å². The Labute approximate surface area is 178 Å². The van der Waals surface area contributed by atoms with Crippen LogP contribution in [0.4, 0.5) is 0 Å². The van der Waals surface area contributed by atoms with Crippen molar-refractivity contribution in [3.05, 3.63) is 57.9 Å². The van der Waals surface area contributed by atoms with Crippen LogP contribution in [0.2, 0.25) is 5.02 Å². The van der Waals surface area contributed by atoms with Crippen LogP contribution >= 0.6 is 11.6 Å². The highest BCUT2D eigenvalue weighted by molar-refractivity contribution is 6.30. The van der Waals surface area contributed by atoms with Crippen molar-refractivity contribution in [3.8, 4) is 12.3 Å². The summed E-state index contributed by atoms with van der Waals surface area (Å²) in [5.41, 5.74) is 2.34. The molecular formula is C21H20ClN3O5. The van der Waals surface area contributed by atoms with Crippen LogP contribution in [-0.4, -0.2) is 57.4 Å². The van der Waals surface area contributed by atoms with E-state index in [1.807, 2.05) is 0 Å². The van der Waals surface area contributed by atoms with Gasteiger partial charge in [0.1, 0.15) is 31.5 Å². The maximum atomic E-state index is 10.7. The minimum atomic E-state index is -1.32. The topological polar surface area (TPSA) is 109 Å². The Balaban J connectivity index is 1.68. The van der Waals surface area contributed by atoms with E-state index >= 15 is 0 Å². The molecule has 3 heterocycles. The van der Waals surface area contributed by atoms with Crippen LogP contribution in [0.1, 0.15) is 34.7 Å². The highest BCUT2D eigenvalue weighted by Gasteiger charge is 2.48. The van der Waals surface area contributed by atoms with Gasteiger partial charge in [0.25, 0.3) is 0 Å². The van der Waals surface area contributed by atoms with E-state index in [9.17, 15) is 15.3 Å². The molecule has 2 aliphatic rings. The second-order valence-electron chi connectivity index (χ2n) is 7.00. The third-order valence-electron chi connectivity index (χ3n) is 5.26. The predicted octanol–water partition coefficient (Wildman–Crippen LogP) is 1.41. The Hall–Kier alpha value is -2.67. The molecule has 4 rings (SSSR count). The molecule has 1 aromatic heterocycles. The van der Waals surface area contributed by atoms with Crippen LogP contribution < -0.4 is 0 Å². The molecule has 0 unspecified atom stereocenters. The number of hydrogen-bond donors (Lipinski definition) is 3. The summed E-state index contributed by atoms with van der Waals surface area (Å²) in [6.07, 6.45) is 3.58. The SMILES string of the molecule is C#Cc1cn([C@@H]2O[C@H]([C@H](O)c3ccc(Cl)cc3)[C@@H](O)[C@H]2O)c2c1/C(=N/OC)N=CC2. The molecular weight excluding hydrogens is 410 g/mol. The van der Waals surface area contributed by atoms with E-state index in [2.05, 4.69) is 16.1 Å². The maximum absolute atomic E-state index is 10.7. The number of benzene rings is 1. The highest BCUT2D eigenvalue weighted by Crippen LogP contribution is 2.38. The van der Waals surface area contributed by atoms with Gasteiger partial charge in [-0.15, -0.1) is 6.42 Å². The second-order valence-corrected chi connectivity index (χ2v) is 7.43. The molecule has 2 aliphatic heterocycles. The van der Waals surface area contributed by atoms with Crippen molar-refractivity contribution in [2.24, 2.45) is 10.1 Å². The average molecular weight is 430 g/mol. The number of amidine groups is 1. The number of aliphatic imine (C=N–C) groups is 1. The number of oxime groups is 1. The molecule has 0 amide bonds. The molecule has 3 N–H and O–H groups in total. The summed E-state index contributed by atoms with van der Waals surface area (Å²) in [6, 6.07) is 6.54. The van der Waals surface area contributed by atoms with Gasteiger partial charge in [-0.3, -0.25) is 0 Å². The lowest BCUT2D eigenvalue weighted by molar-refractivity contribution is -0.0864. The lowest BCUT2D eigenvalue weighted by Gasteiger charge is -2.22. The van der Waals surface area contributed by atoms with Gasteiger partial charge in [0.2, 0.25) is 5.84 Å². The number of aliphatic hydroxyl groups is 3. The molecule has 156 valence electrons. The quantitative estimate of drug-likeness (QED) is 0.503. The summed E-state index contributed by atoms with van der Waals surface area (Å²) in [6.45, 7) is 0. The Morgan fingerprint density at radius 1 is 1.33 bits per heavy atom. The molecule has 0 saturated carbocycles. The second kappa shape index (κ2) is 8.22. The maximum Gasteiger partial charge on any atom is 0.201 e. The van der Waals surface area contributed by atoms with Crippen molar-refractivity contribution >= 4 is 23.7 Å². The first-order valence-electron chi connectivity index (χ1n) is 9.25. The fourth-order valence-corrected chi connectivity index (χ4v) is 3.95. The number of rotatable bonds is 4. The summed E-state index contributed by atoms with van der Waals surface area (Å²) in [4.78, 5) is 9.07. The lowest BCUT2D eigenvalue weighted by atomic mass is 9.99. The van der Waals surface area contributed by atoms with E-state index in [0.29, 0.717) is 39.7 Å². The third-order valence-corrected chi connectivity index (χ3v) is 5.52. The first kappa shape index (κ1) is 20.6. The zero-order chi connectivity index (χ0) is 21.4. The molecule has 5 atom stereocenters. The van der Waals surface area contributed by atoms with Gasteiger partial charge in [-0.2, -0.15) is 0 Å². The monoisotopic (exact) mass is 429 g/mol. The number of terminal acetylenes is 1. The first-order valence-corrected chi connectivity index (χ1v) is 9.63. The van der Waals surface area contributed by atoms with Gasteiger partial charge in [-0.1, -0.05) is 34.8 Å². The van der Waals surface area contributed by atoms with E-state index < -0.39 is 30.6 Å². The number of ether oxygens (including phenoxy) is 1. The molecule has 0 bridgehead atoms. The van der Waals surface area contributed by atoms with E-state index in [0.717, 1.165) is 0 Å². The number of halogens is 1. The van der Waals surface area contributed by atoms with Crippen molar-refractivity contribution in [3.63, 3.8) is 0 Å². The van der Waals surface area contributed by atoms with Crippen molar-refractivity contribution in [1.82, 2.24) is 4.57 Å². The number of nitrogens with zero attached hydrogens (tertiary/aromatic N) is 3. The minimum Gasteiger partial charge on any atom is -0.397 e. The van der Waals surface area contributed by atoms with Crippen LogP contribution in [0.15, 0.2) is 40.6 Å². The fourth-order valence-electron chi connectivity index (χ4n) is 3.82. The third kappa shape index (κ3) is 3.41. The van der Waals surface area contributed by atoms with Crippen LogP contribution in [0, 0.1) is 12.3 Å². The normalized spacial score (nSPS) is 27.7. The molecule has 30 heavy (non-hydrogen) atoms. The highest BCUT2D eigenvalue weighted by atomic mass is 35.5. The van der Waals surface area contributed by atoms with Crippen molar-refractivity contribution in [2.75, 3.05) is 7.11 Å². The molecule has 9 heteroatoms. The number of aromatic nitrogens is 1. The van der Waals surface area contributed by atoms with Crippen molar-refractivity contribution in [1.29, 1.82) is 0 Å². The summed E-state index contributed by atoms with van der Waals surface area (Å²) in [7, 11) is 1.41. The zero-order valence-electron chi connectivity index (χ0n) is 16.0. The van der Waals surface area contributed by atoms with E-state index in [4.69, 9.17) is 27.6 Å². The molecule has 0 radical (unpaired) electrons. The zero-order valence-corrected chi connectivity index (χ0v) is 16.8. The Bertz CT molecular complexity index is 1040. The van der Waals surface area contributed by atoms with Crippen molar-refractivity contribution < 1.29 is 24.9 Å². The fraction of sp³-hybridized carbons (Fsp3) is 0.333. The molecule has 1 aromatic carbocycles. The van der Waals surface area contributed by atoms with Crippen molar-refractivity contribution in [2.45, 2.75) is 37.1 Å². The van der Waals surface area contributed by atoms with E-state index in [-0.39, 0.29) is 0 Å². The van der Waals surface area contributed by atoms with Gasteiger partial charge in [-0.05, 0) is 17.7 Å². The Kier molecular flexibility index (Phi) is 5.64. The van der Waals surface area contributed by atoms with Crippen LogP contribution in [0.3, 0.4) is 0 Å². The molecule has 1 fully saturated rings. The lowest BCUT2D eigenvalue weighted by Crippen LogP contribution is -2.35. The average Bonchev–Trinajstić information content (AvgIpc) is 3.27. The molecule has 0 spiro atoms. The number of fused-ring (bicyclic) bond motifs is 1. The Morgan fingerprint density at radius 3 is 2.73 bits per heavy atom. The number of aliphatic hydroxyl groups excluding tert-OH is 3. The molecule has 0 aliphatic carbocycles. The van der Waals surface area contributed by atoms with Gasteiger partial charge in [-0.25, -0.2) is 4.99 Å².